The van der Waals surface area contributed by atoms with Gasteiger partial charge in [0.05, 0.1) is 0 Å². The molecular formula is C7H5BrF3NO. The van der Waals surface area contributed by atoms with E-state index in [4.69, 9.17) is 5.11 Å². The second-order valence-corrected chi connectivity index (χ2v) is 3.23. The Labute approximate surface area is 80.5 Å². The summed E-state index contributed by atoms with van der Waals surface area (Å²) >= 11 is 2.93. The minimum absolute atomic E-state index is 0.345. The molecule has 0 amide bonds. The third-order valence-corrected chi connectivity index (χ3v) is 1.86. The smallest absolute Gasteiger partial charge is 0.344 e. The maximum atomic E-state index is 12.8. The Balaban J connectivity index is 3.07. The quantitative estimate of drug-likeness (QED) is 0.880. The molecule has 72 valence electrons. The third kappa shape index (κ3) is 2.19. The van der Waals surface area contributed by atoms with Crippen molar-refractivity contribution < 1.29 is 18.3 Å². The summed E-state index contributed by atoms with van der Waals surface area (Å²) in [6.07, 6.45) is -2.15. The van der Waals surface area contributed by atoms with Crippen molar-refractivity contribution in [3.8, 4) is 0 Å². The van der Waals surface area contributed by atoms with Crippen LogP contribution in [-0.2, 0) is 5.92 Å². The van der Waals surface area contributed by atoms with Gasteiger partial charge in [0.2, 0.25) is 0 Å². The highest BCUT2D eigenvalue weighted by atomic mass is 79.9. The van der Waals surface area contributed by atoms with Gasteiger partial charge in [-0.3, -0.25) is 4.98 Å². The van der Waals surface area contributed by atoms with Crippen molar-refractivity contribution in [1.82, 2.24) is 4.98 Å². The van der Waals surface area contributed by atoms with Crippen molar-refractivity contribution in [2.45, 2.75) is 12.3 Å². The molecule has 0 bridgehead atoms. The lowest BCUT2D eigenvalue weighted by atomic mass is 10.2. The van der Waals surface area contributed by atoms with E-state index in [2.05, 4.69) is 20.9 Å². The molecule has 0 saturated heterocycles. The average Bonchev–Trinajstić information content (AvgIpc) is 2.04. The third-order valence-electron chi connectivity index (χ3n) is 1.36. The Morgan fingerprint density at radius 2 is 2.15 bits per heavy atom. The molecule has 13 heavy (non-hydrogen) atoms. The molecule has 2 nitrogen and oxygen atoms in total. The molecule has 6 heteroatoms. The fourth-order valence-corrected chi connectivity index (χ4v) is 1.04. The Bertz CT molecular complexity index is 306. The number of nitrogens with zero attached hydrogens (tertiary/aromatic N) is 1. The summed E-state index contributed by atoms with van der Waals surface area (Å²) in [6.45, 7) is 0. The lowest BCUT2D eigenvalue weighted by molar-refractivity contribution is -0.177. The average molecular weight is 256 g/mol. The molecular weight excluding hydrogens is 251 g/mol. The van der Waals surface area contributed by atoms with E-state index in [1.54, 1.807) is 0 Å². The maximum absolute atomic E-state index is 12.8. The van der Waals surface area contributed by atoms with Gasteiger partial charge in [-0.05, 0) is 12.1 Å². The SMILES string of the molecule is OC(F)C(F)(F)c1cc(Br)ccn1. The van der Waals surface area contributed by atoms with E-state index >= 15 is 0 Å². The normalized spacial score (nSPS) is 14.2. The number of pyridine rings is 1. The second-order valence-electron chi connectivity index (χ2n) is 2.32. The van der Waals surface area contributed by atoms with Crippen molar-refractivity contribution >= 4 is 15.9 Å². The van der Waals surface area contributed by atoms with Gasteiger partial charge in [0.1, 0.15) is 5.69 Å². The van der Waals surface area contributed by atoms with E-state index in [9.17, 15) is 13.2 Å². The summed E-state index contributed by atoms with van der Waals surface area (Å²) in [6, 6.07) is 2.37. The number of aromatic nitrogens is 1. The molecule has 0 aliphatic rings. The Morgan fingerprint density at radius 1 is 1.54 bits per heavy atom. The van der Waals surface area contributed by atoms with Crippen molar-refractivity contribution in [1.29, 1.82) is 0 Å². The zero-order valence-corrected chi connectivity index (χ0v) is 7.80. The molecule has 1 rings (SSSR count). The number of aliphatic hydroxyl groups is 1. The number of aliphatic hydroxyl groups excluding tert-OH is 1. The number of hydrogen-bond acceptors (Lipinski definition) is 2. The van der Waals surface area contributed by atoms with E-state index in [1.165, 1.54) is 6.07 Å². The van der Waals surface area contributed by atoms with Gasteiger partial charge in [-0.15, -0.1) is 0 Å². The van der Waals surface area contributed by atoms with Crippen LogP contribution in [0.2, 0.25) is 0 Å². The van der Waals surface area contributed by atoms with Gasteiger partial charge in [-0.1, -0.05) is 15.9 Å². The van der Waals surface area contributed by atoms with E-state index in [0.29, 0.717) is 4.47 Å². The summed E-state index contributed by atoms with van der Waals surface area (Å²) in [5.74, 6) is -3.97. The lowest BCUT2D eigenvalue weighted by Crippen LogP contribution is -2.27. The second kappa shape index (κ2) is 3.63. The van der Waals surface area contributed by atoms with Crippen molar-refractivity contribution in [2.24, 2.45) is 0 Å². The van der Waals surface area contributed by atoms with Crippen LogP contribution in [-0.4, -0.2) is 16.4 Å². The summed E-state index contributed by atoms with van der Waals surface area (Å²) in [5, 5.41) is 8.15. The number of rotatable bonds is 2. The van der Waals surface area contributed by atoms with Gasteiger partial charge >= 0.3 is 5.92 Å². The highest BCUT2D eigenvalue weighted by Crippen LogP contribution is 2.31. The van der Waals surface area contributed by atoms with E-state index < -0.39 is 18.0 Å². The fraction of sp³-hybridized carbons (Fsp3) is 0.286. The maximum Gasteiger partial charge on any atom is 0.344 e. The van der Waals surface area contributed by atoms with Crippen LogP contribution in [0.5, 0.6) is 0 Å². The number of halogens is 4. The van der Waals surface area contributed by atoms with Crippen LogP contribution in [0.4, 0.5) is 13.2 Å². The summed E-state index contributed by atoms with van der Waals surface area (Å²) in [7, 11) is 0. The van der Waals surface area contributed by atoms with Gasteiger partial charge in [-0.2, -0.15) is 8.78 Å². The fourth-order valence-electron chi connectivity index (χ4n) is 0.709. The van der Waals surface area contributed by atoms with Crippen LogP contribution in [0, 0.1) is 0 Å². The van der Waals surface area contributed by atoms with Crippen LogP contribution in [0.25, 0.3) is 0 Å². The minimum Gasteiger partial charge on any atom is -0.359 e. The summed E-state index contributed by atoms with van der Waals surface area (Å²) in [5.41, 5.74) is -0.808. The van der Waals surface area contributed by atoms with E-state index in [1.807, 2.05) is 0 Å². The Morgan fingerprint density at radius 3 is 2.62 bits per heavy atom. The van der Waals surface area contributed by atoms with Gasteiger partial charge in [0.25, 0.3) is 6.36 Å². The highest BCUT2D eigenvalue weighted by molar-refractivity contribution is 9.10. The van der Waals surface area contributed by atoms with Gasteiger partial charge in [-0.25, -0.2) is 4.39 Å². The Hall–Kier alpha value is -0.620. The molecule has 1 aromatic rings. The van der Waals surface area contributed by atoms with Gasteiger partial charge in [0, 0.05) is 10.7 Å². The molecule has 0 saturated carbocycles. The molecule has 0 aliphatic heterocycles. The van der Waals surface area contributed by atoms with Crippen LogP contribution in [0.3, 0.4) is 0 Å². The topological polar surface area (TPSA) is 33.1 Å². The van der Waals surface area contributed by atoms with E-state index in [-0.39, 0.29) is 0 Å². The molecule has 1 N–H and O–H groups in total. The van der Waals surface area contributed by atoms with Gasteiger partial charge < -0.3 is 5.11 Å². The molecule has 1 heterocycles. The highest BCUT2D eigenvalue weighted by Gasteiger charge is 2.42. The van der Waals surface area contributed by atoms with Gasteiger partial charge in [0.15, 0.2) is 0 Å². The predicted molar refractivity (Wildman–Crippen MR) is 42.9 cm³/mol. The standard InChI is InChI=1S/C7H5BrF3NO/c8-4-1-2-12-5(3-4)7(10,11)6(9)13/h1-3,6,13H. The molecule has 0 aromatic carbocycles. The van der Waals surface area contributed by atoms with Crippen LogP contribution in [0.1, 0.15) is 5.69 Å². The number of hydrogen-bond donors (Lipinski definition) is 1. The first-order valence-electron chi connectivity index (χ1n) is 3.26. The molecule has 0 aliphatic carbocycles. The lowest BCUT2D eigenvalue weighted by Gasteiger charge is -2.15. The Kier molecular flexibility index (Phi) is 2.92. The monoisotopic (exact) mass is 255 g/mol. The van der Waals surface area contributed by atoms with Crippen molar-refractivity contribution in [3.63, 3.8) is 0 Å². The number of alkyl halides is 3. The zero-order valence-electron chi connectivity index (χ0n) is 6.22. The first-order chi connectivity index (χ1) is 5.94. The van der Waals surface area contributed by atoms with Crippen LogP contribution >= 0.6 is 15.9 Å². The first-order valence-corrected chi connectivity index (χ1v) is 4.06. The summed E-state index contributed by atoms with van der Waals surface area (Å²) < 4.78 is 37.9. The molecule has 1 aromatic heterocycles. The van der Waals surface area contributed by atoms with Crippen molar-refractivity contribution in [3.05, 3.63) is 28.5 Å². The van der Waals surface area contributed by atoms with E-state index in [0.717, 1.165) is 12.3 Å². The minimum atomic E-state index is -3.97. The largest absolute Gasteiger partial charge is 0.359 e. The van der Waals surface area contributed by atoms with Crippen molar-refractivity contribution in [2.75, 3.05) is 0 Å². The summed E-state index contributed by atoms with van der Waals surface area (Å²) in [4.78, 5) is 3.25. The molecule has 1 unspecified atom stereocenters. The predicted octanol–water partition coefficient (Wildman–Crippen LogP) is 2.22. The molecule has 0 radical (unpaired) electrons. The van der Waals surface area contributed by atoms with Crippen LogP contribution in [0.15, 0.2) is 22.8 Å². The zero-order chi connectivity index (χ0) is 10.1. The first kappa shape index (κ1) is 10.5. The molecule has 0 fully saturated rings. The molecule has 0 spiro atoms. The molecule has 1 atom stereocenters. The van der Waals surface area contributed by atoms with Crippen LogP contribution < -0.4 is 0 Å².